The molecule has 0 radical (unpaired) electrons. The first-order valence-electron chi connectivity index (χ1n) is 9.23. The Morgan fingerprint density at radius 3 is 2.44 bits per heavy atom. The quantitative estimate of drug-likeness (QED) is 0.528. The maximum Gasteiger partial charge on any atom is 0.0979 e. The number of rotatable bonds is 5. The van der Waals surface area contributed by atoms with E-state index in [2.05, 4.69) is 47.8 Å². The fourth-order valence-corrected chi connectivity index (χ4v) is 3.31. The van der Waals surface area contributed by atoms with E-state index in [4.69, 9.17) is 9.97 Å². The second-order valence-corrected chi connectivity index (χ2v) is 6.74. The van der Waals surface area contributed by atoms with Gasteiger partial charge in [-0.25, -0.2) is 4.98 Å². The van der Waals surface area contributed by atoms with Crippen LogP contribution in [0.5, 0.6) is 0 Å². The molecule has 1 aromatic carbocycles. The SMILES string of the molecule is CCc1ccc(-c2c(-c3ccccc3)ncn2[C@@H](C)c2cnn(C)c2)nc1. The molecule has 1 atom stereocenters. The summed E-state index contributed by atoms with van der Waals surface area (Å²) in [5, 5.41) is 4.32. The highest BCUT2D eigenvalue weighted by Crippen LogP contribution is 2.33. The molecule has 27 heavy (non-hydrogen) atoms. The van der Waals surface area contributed by atoms with Crippen LogP contribution in [0.25, 0.3) is 22.6 Å². The van der Waals surface area contributed by atoms with Crippen LogP contribution in [0.4, 0.5) is 0 Å². The average molecular weight is 357 g/mol. The van der Waals surface area contributed by atoms with Gasteiger partial charge in [0.25, 0.3) is 0 Å². The molecule has 0 unspecified atom stereocenters. The summed E-state index contributed by atoms with van der Waals surface area (Å²) in [5.41, 5.74) is 6.36. The lowest BCUT2D eigenvalue weighted by atomic mass is 10.1. The van der Waals surface area contributed by atoms with Crippen molar-refractivity contribution in [1.82, 2.24) is 24.3 Å². The minimum Gasteiger partial charge on any atom is -0.321 e. The largest absolute Gasteiger partial charge is 0.321 e. The molecule has 0 amide bonds. The Hall–Kier alpha value is -3.21. The summed E-state index contributed by atoms with van der Waals surface area (Å²) in [5.74, 6) is 0. The van der Waals surface area contributed by atoms with Crippen molar-refractivity contribution in [3.05, 3.63) is 78.5 Å². The van der Waals surface area contributed by atoms with E-state index in [-0.39, 0.29) is 6.04 Å². The van der Waals surface area contributed by atoms with Crippen LogP contribution in [-0.4, -0.2) is 24.3 Å². The van der Waals surface area contributed by atoms with E-state index in [0.29, 0.717) is 0 Å². The van der Waals surface area contributed by atoms with Crippen LogP contribution < -0.4 is 0 Å². The van der Waals surface area contributed by atoms with Gasteiger partial charge in [0.05, 0.1) is 35.6 Å². The lowest BCUT2D eigenvalue weighted by Gasteiger charge is -2.16. The predicted octanol–water partition coefficient (Wildman–Crippen LogP) is 4.52. The van der Waals surface area contributed by atoms with Crippen molar-refractivity contribution >= 4 is 0 Å². The molecule has 0 aliphatic rings. The van der Waals surface area contributed by atoms with E-state index in [1.807, 2.05) is 54.8 Å². The Morgan fingerprint density at radius 1 is 1.00 bits per heavy atom. The first-order valence-corrected chi connectivity index (χ1v) is 9.23. The fourth-order valence-electron chi connectivity index (χ4n) is 3.31. The molecule has 0 aliphatic heterocycles. The summed E-state index contributed by atoms with van der Waals surface area (Å²) >= 11 is 0. The molecule has 0 fully saturated rings. The smallest absolute Gasteiger partial charge is 0.0979 e. The third kappa shape index (κ3) is 3.28. The third-order valence-electron chi connectivity index (χ3n) is 4.94. The number of nitrogens with zero attached hydrogens (tertiary/aromatic N) is 5. The summed E-state index contributed by atoms with van der Waals surface area (Å²) in [6, 6.07) is 14.6. The predicted molar refractivity (Wildman–Crippen MR) is 107 cm³/mol. The van der Waals surface area contributed by atoms with Crippen LogP contribution in [-0.2, 0) is 13.5 Å². The first-order chi connectivity index (χ1) is 13.2. The second kappa shape index (κ2) is 7.19. The van der Waals surface area contributed by atoms with Gasteiger partial charge in [0.1, 0.15) is 0 Å². The normalized spacial score (nSPS) is 12.3. The Bertz CT molecular complexity index is 1030. The highest BCUT2D eigenvalue weighted by Gasteiger charge is 2.20. The standard InChI is InChI=1S/C22H23N5/c1-4-17-10-11-20(23-12-17)22-21(18-8-6-5-7-9-18)24-15-27(22)16(2)19-13-25-26(3)14-19/h5-16H,4H2,1-3H3/t16-/m0/s1. The van der Waals surface area contributed by atoms with Crippen molar-refractivity contribution < 1.29 is 0 Å². The molecule has 0 bridgehead atoms. The van der Waals surface area contributed by atoms with Crippen molar-refractivity contribution in [2.24, 2.45) is 7.05 Å². The number of hydrogen-bond acceptors (Lipinski definition) is 3. The average Bonchev–Trinajstić information content (AvgIpc) is 3.35. The van der Waals surface area contributed by atoms with Crippen LogP contribution in [0, 0.1) is 0 Å². The van der Waals surface area contributed by atoms with E-state index in [1.54, 1.807) is 0 Å². The zero-order valence-electron chi connectivity index (χ0n) is 15.9. The summed E-state index contributed by atoms with van der Waals surface area (Å²) in [7, 11) is 1.94. The highest BCUT2D eigenvalue weighted by atomic mass is 15.2. The highest BCUT2D eigenvalue weighted by molar-refractivity contribution is 5.77. The molecular formula is C22H23N5. The van der Waals surface area contributed by atoms with Gasteiger partial charge in [0.15, 0.2) is 0 Å². The molecule has 3 heterocycles. The Kier molecular flexibility index (Phi) is 4.59. The lowest BCUT2D eigenvalue weighted by molar-refractivity contribution is 0.642. The summed E-state index contributed by atoms with van der Waals surface area (Å²) < 4.78 is 4.02. The molecule has 5 nitrogen and oxygen atoms in total. The zero-order chi connectivity index (χ0) is 18.8. The summed E-state index contributed by atoms with van der Waals surface area (Å²) in [6.07, 6.45) is 8.79. The number of pyridine rings is 1. The molecule has 0 saturated heterocycles. The Morgan fingerprint density at radius 2 is 1.81 bits per heavy atom. The third-order valence-corrected chi connectivity index (χ3v) is 4.94. The molecule has 0 saturated carbocycles. The van der Waals surface area contributed by atoms with Crippen LogP contribution in [0.1, 0.15) is 31.0 Å². The lowest BCUT2D eigenvalue weighted by Crippen LogP contribution is -2.07. The van der Waals surface area contributed by atoms with Gasteiger partial charge in [-0.3, -0.25) is 9.67 Å². The molecule has 4 aromatic rings. The van der Waals surface area contributed by atoms with Crippen LogP contribution in [0.3, 0.4) is 0 Å². The van der Waals surface area contributed by atoms with Crippen LogP contribution in [0.15, 0.2) is 67.4 Å². The minimum absolute atomic E-state index is 0.103. The fraction of sp³-hybridized carbons (Fsp3) is 0.227. The number of aryl methyl sites for hydroxylation is 2. The minimum atomic E-state index is 0.103. The van der Waals surface area contributed by atoms with Gasteiger partial charge in [-0.15, -0.1) is 0 Å². The van der Waals surface area contributed by atoms with Gasteiger partial charge in [-0.05, 0) is 25.0 Å². The van der Waals surface area contributed by atoms with Crippen molar-refractivity contribution in [1.29, 1.82) is 0 Å². The van der Waals surface area contributed by atoms with Gasteiger partial charge < -0.3 is 4.57 Å². The maximum absolute atomic E-state index is 4.75. The van der Waals surface area contributed by atoms with Gasteiger partial charge in [-0.1, -0.05) is 43.3 Å². The zero-order valence-corrected chi connectivity index (χ0v) is 15.9. The maximum atomic E-state index is 4.75. The molecular weight excluding hydrogens is 334 g/mol. The molecule has 0 aliphatic carbocycles. The van der Waals surface area contributed by atoms with Gasteiger partial charge in [0, 0.05) is 30.6 Å². The molecule has 4 rings (SSSR count). The second-order valence-electron chi connectivity index (χ2n) is 6.74. The molecule has 5 heteroatoms. The van der Waals surface area contributed by atoms with Crippen molar-refractivity contribution in [2.45, 2.75) is 26.3 Å². The van der Waals surface area contributed by atoms with E-state index in [1.165, 1.54) is 5.56 Å². The van der Waals surface area contributed by atoms with E-state index in [0.717, 1.165) is 34.6 Å². The van der Waals surface area contributed by atoms with Crippen molar-refractivity contribution in [3.63, 3.8) is 0 Å². The van der Waals surface area contributed by atoms with E-state index < -0.39 is 0 Å². The Labute approximate surface area is 159 Å². The van der Waals surface area contributed by atoms with Crippen LogP contribution in [0.2, 0.25) is 0 Å². The van der Waals surface area contributed by atoms with Crippen LogP contribution >= 0.6 is 0 Å². The monoisotopic (exact) mass is 357 g/mol. The van der Waals surface area contributed by atoms with Gasteiger partial charge in [0.2, 0.25) is 0 Å². The first kappa shape index (κ1) is 17.2. The summed E-state index contributed by atoms with van der Waals surface area (Å²) in [4.78, 5) is 9.49. The molecule has 0 N–H and O–H groups in total. The molecule has 0 spiro atoms. The summed E-state index contributed by atoms with van der Waals surface area (Å²) in [6.45, 7) is 4.30. The van der Waals surface area contributed by atoms with Gasteiger partial charge in [-0.2, -0.15) is 5.10 Å². The Balaban J connectivity index is 1.87. The van der Waals surface area contributed by atoms with E-state index >= 15 is 0 Å². The number of imidazole rings is 1. The topological polar surface area (TPSA) is 48.5 Å². The molecule has 136 valence electrons. The van der Waals surface area contributed by atoms with E-state index in [9.17, 15) is 0 Å². The number of hydrogen-bond donors (Lipinski definition) is 0. The van der Waals surface area contributed by atoms with Crippen molar-refractivity contribution in [2.75, 3.05) is 0 Å². The molecule has 3 aromatic heterocycles. The van der Waals surface area contributed by atoms with Crippen molar-refractivity contribution in [3.8, 4) is 22.6 Å². The number of aromatic nitrogens is 5. The number of benzene rings is 1. The van der Waals surface area contributed by atoms with Gasteiger partial charge >= 0.3 is 0 Å².